The summed E-state index contributed by atoms with van der Waals surface area (Å²) in [7, 11) is 0. The second kappa shape index (κ2) is 3.32. The Morgan fingerprint density at radius 2 is 2.43 bits per heavy atom. The highest BCUT2D eigenvalue weighted by Crippen LogP contribution is 2.13. The Morgan fingerprint density at radius 1 is 1.64 bits per heavy atom. The minimum Gasteiger partial charge on any atom is -0.383 e. The SMILES string of the molecule is CCCc1c(N)nc2n(c1=O)CCN2. The minimum atomic E-state index is 0.0133. The molecule has 0 unspecified atom stereocenters. The van der Waals surface area contributed by atoms with Gasteiger partial charge in [0.25, 0.3) is 5.56 Å². The first-order valence-corrected chi connectivity index (χ1v) is 4.87. The van der Waals surface area contributed by atoms with Crippen LogP contribution in [0.4, 0.5) is 11.8 Å². The zero-order chi connectivity index (χ0) is 10.1. The number of hydrogen-bond acceptors (Lipinski definition) is 4. The molecule has 0 aliphatic carbocycles. The fraction of sp³-hybridized carbons (Fsp3) is 0.556. The van der Waals surface area contributed by atoms with Gasteiger partial charge in [-0.05, 0) is 6.42 Å². The fourth-order valence-electron chi connectivity index (χ4n) is 1.72. The van der Waals surface area contributed by atoms with Crippen LogP contribution in [-0.4, -0.2) is 16.1 Å². The summed E-state index contributed by atoms with van der Waals surface area (Å²) in [6.45, 7) is 3.48. The molecule has 2 heterocycles. The molecule has 5 heteroatoms. The molecule has 0 radical (unpaired) electrons. The van der Waals surface area contributed by atoms with Crippen molar-refractivity contribution in [3.05, 3.63) is 15.9 Å². The average molecular weight is 194 g/mol. The van der Waals surface area contributed by atoms with Crippen LogP contribution in [0.3, 0.4) is 0 Å². The predicted octanol–water partition coefficient (Wildman–Crippen LogP) is 0.203. The van der Waals surface area contributed by atoms with E-state index in [1.54, 1.807) is 4.57 Å². The predicted molar refractivity (Wildman–Crippen MR) is 55.4 cm³/mol. The van der Waals surface area contributed by atoms with Crippen molar-refractivity contribution in [2.75, 3.05) is 17.6 Å². The largest absolute Gasteiger partial charge is 0.383 e. The van der Waals surface area contributed by atoms with E-state index in [4.69, 9.17) is 5.73 Å². The molecule has 2 rings (SSSR count). The number of fused-ring (bicyclic) bond motifs is 1. The van der Waals surface area contributed by atoms with E-state index in [-0.39, 0.29) is 5.56 Å². The molecular weight excluding hydrogens is 180 g/mol. The second-order valence-corrected chi connectivity index (χ2v) is 3.43. The van der Waals surface area contributed by atoms with Crippen LogP contribution in [0.5, 0.6) is 0 Å². The Morgan fingerprint density at radius 3 is 3.14 bits per heavy atom. The summed E-state index contributed by atoms with van der Waals surface area (Å²) in [5.74, 6) is 0.977. The molecule has 14 heavy (non-hydrogen) atoms. The zero-order valence-electron chi connectivity index (χ0n) is 8.21. The van der Waals surface area contributed by atoms with E-state index < -0.39 is 0 Å². The van der Waals surface area contributed by atoms with Gasteiger partial charge < -0.3 is 11.1 Å². The molecule has 0 atom stereocenters. The summed E-state index contributed by atoms with van der Waals surface area (Å²) in [5, 5.41) is 3.02. The zero-order valence-corrected chi connectivity index (χ0v) is 8.21. The number of nitrogens with zero attached hydrogens (tertiary/aromatic N) is 2. The van der Waals surface area contributed by atoms with Crippen molar-refractivity contribution in [2.24, 2.45) is 0 Å². The van der Waals surface area contributed by atoms with Crippen molar-refractivity contribution in [1.29, 1.82) is 0 Å². The number of anilines is 2. The molecule has 3 N–H and O–H groups in total. The molecule has 76 valence electrons. The third-order valence-electron chi connectivity index (χ3n) is 2.41. The maximum absolute atomic E-state index is 11.9. The molecule has 5 nitrogen and oxygen atoms in total. The van der Waals surface area contributed by atoms with Gasteiger partial charge >= 0.3 is 0 Å². The standard InChI is InChI=1S/C9H14N4O/c1-2-3-6-7(10)12-9-11-4-5-13(9)8(6)14/h2-5,10H2,1H3,(H,11,12). The van der Waals surface area contributed by atoms with Crippen LogP contribution >= 0.6 is 0 Å². The van der Waals surface area contributed by atoms with Crippen LogP contribution in [0.15, 0.2) is 4.79 Å². The van der Waals surface area contributed by atoms with E-state index in [1.165, 1.54) is 0 Å². The van der Waals surface area contributed by atoms with Gasteiger partial charge in [0, 0.05) is 13.1 Å². The van der Waals surface area contributed by atoms with Crippen LogP contribution < -0.4 is 16.6 Å². The van der Waals surface area contributed by atoms with Crippen molar-refractivity contribution in [2.45, 2.75) is 26.3 Å². The van der Waals surface area contributed by atoms with E-state index in [1.807, 2.05) is 6.92 Å². The lowest BCUT2D eigenvalue weighted by molar-refractivity contribution is 0.740. The van der Waals surface area contributed by atoms with Crippen LogP contribution in [0.2, 0.25) is 0 Å². The minimum absolute atomic E-state index is 0.0133. The lowest BCUT2D eigenvalue weighted by Crippen LogP contribution is -2.24. The summed E-state index contributed by atoms with van der Waals surface area (Å²) < 4.78 is 1.65. The maximum atomic E-state index is 11.9. The van der Waals surface area contributed by atoms with Gasteiger partial charge in [-0.2, -0.15) is 4.98 Å². The highest BCUT2D eigenvalue weighted by Gasteiger charge is 2.17. The molecule has 1 aromatic rings. The molecular formula is C9H14N4O. The highest BCUT2D eigenvalue weighted by molar-refractivity contribution is 5.45. The summed E-state index contributed by atoms with van der Waals surface area (Å²) >= 11 is 0. The molecule has 0 aromatic carbocycles. The van der Waals surface area contributed by atoms with Crippen molar-refractivity contribution >= 4 is 11.8 Å². The lowest BCUT2D eigenvalue weighted by atomic mass is 10.2. The van der Waals surface area contributed by atoms with Gasteiger partial charge in [-0.15, -0.1) is 0 Å². The lowest BCUT2D eigenvalue weighted by Gasteiger charge is -2.07. The molecule has 0 amide bonds. The van der Waals surface area contributed by atoms with Gasteiger partial charge in [0.15, 0.2) is 0 Å². The number of hydrogen-bond donors (Lipinski definition) is 2. The third kappa shape index (κ3) is 1.25. The van der Waals surface area contributed by atoms with E-state index >= 15 is 0 Å². The van der Waals surface area contributed by atoms with E-state index in [2.05, 4.69) is 10.3 Å². The Balaban J connectivity index is 2.57. The first kappa shape index (κ1) is 9.05. The Kier molecular flexibility index (Phi) is 2.15. The van der Waals surface area contributed by atoms with Gasteiger partial charge in [-0.1, -0.05) is 13.3 Å². The summed E-state index contributed by atoms with van der Waals surface area (Å²) in [4.78, 5) is 16.0. The normalized spacial score (nSPS) is 13.8. The number of nitrogens with one attached hydrogen (secondary N) is 1. The van der Waals surface area contributed by atoms with Crippen LogP contribution in [0.1, 0.15) is 18.9 Å². The van der Waals surface area contributed by atoms with Gasteiger partial charge in [0.1, 0.15) is 5.82 Å². The first-order valence-electron chi connectivity index (χ1n) is 4.87. The quantitative estimate of drug-likeness (QED) is 0.705. The van der Waals surface area contributed by atoms with Gasteiger partial charge in [0.05, 0.1) is 5.56 Å². The Hall–Kier alpha value is -1.52. The van der Waals surface area contributed by atoms with Crippen LogP contribution in [0.25, 0.3) is 0 Å². The number of rotatable bonds is 2. The van der Waals surface area contributed by atoms with Gasteiger partial charge in [-0.3, -0.25) is 9.36 Å². The van der Waals surface area contributed by atoms with Crippen LogP contribution in [0, 0.1) is 0 Å². The number of nitrogens with two attached hydrogens (primary N) is 1. The molecule has 0 saturated heterocycles. The molecule has 1 aliphatic rings. The number of nitrogen functional groups attached to an aromatic ring is 1. The van der Waals surface area contributed by atoms with Gasteiger partial charge in [0.2, 0.25) is 5.95 Å². The average Bonchev–Trinajstić information content (AvgIpc) is 2.60. The van der Waals surface area contributed by atoms with Crippen molar-refractivity contribution in [1.82, 2.24) is 9.55 Å². The second-order valence-electron chi connectivity index (χ2n) is 3.43. The molecule has 1 aromatic heterocycles. The topological polar surface area (TPSA) is 72.9 Å². The molecule has 0 spiro atoms. The summed E-state index contributed by atoms with van der Waals surface area (Å²) in [5.41, 5.74) is 6.38. The smallest absolute Gasteiger partial charge is 0.260 e. The molecule has 1 aliphatic heterocycles. The van der Waals surface area contributed by atoms with Crippen LogP contribution in [-0.2, 0) is 13.0 Å². The van der Waals surface area contributed by atoms with E-state index in [9.17, 15) is 4.79 Å². The summed E-state index contributed by atoms with van der Waals surface area (Å²) in [6, 6.07) is 0. The highest BCUT2D eigenvalue weighted by atomic mass is 16.1. The maximum Gasteiger partial charge on any atom is 0.260 e. The molecule has 0 bridgehead atoms. The third-order valence-corrected chi connectivity index (χ3v) is 2.41. The molecule has 0 saturated carbocycles. The first-order chi connectivity index (χ1) is 6.74. The van der Waals surface area contributed by atoms with Gasteiger partial charge in [-0.25, -0.2) is 0 Å². The Labute approximate surface area is 82.0 Å². The molecule has 0 fully saturated rings. The van der Waals surface area contributed by atoms with Crippen molar-refractivity contribution < 1.29 is 0 Å². The Bertz CT molecular complexity index is 410. The van der Waals surface area contributed by atoms with E-state index in [0.717, 1.165) is 13.0 Å². The van der Waals surface area contributed by atoms with Crippen molar-refractivity contribution in [3.8, 4) is 0 Å². The summed E-state index contributed by atoms with van der Waals surface area (Å²) in [6.07, 6.45) is 1.62. The monoisotopic (exact) mass is 194 g/mol. The van der Waals surface area contributed by atoms with E-state index in [0.29, 0.717) is 30.3 Å². The number of aromatic nitrogens is 2. The fourth-order valence-corrected chi connectivity index (χ4v) is 1.72. The van der Waals surface area contributed by atoms with Crippen molar-refractivity contribution in [3.63, 3.8) is 0 Å².